The van der Waals surface area contributed by atoms with Gasteiger partial charge in [0.1, 0.15) is 39.3 Å². The second kappa shape index (κ2) is 12.7. The Hall–Kier alpha value is -3.37. The third-order valence-corrected chi connectivity index (χ3v) is 8.76. The molecule has 0 heterocycles. The van der Waals surface area contributed by atoms with Gasteiger partial charge in [0.15, 0.2) is 11.6 Å². The van der Waals surface area contributed by atoms with Crippen molar-refractivity contribution in [3.63, 3.8) is 0 Å². The van der Waals surface area contributed by atoms with Crippen LogP contribution in [0.25, 0.3) is 0 Å². The molecular formula is C32H39O6P. The molecule has 0 aliphatic rings. The summed E-state index contributed by atoms with van der Waals surface area (Å²) < 4.78 is 22.6. The standard InChI is InChI=1S/C32H39O6P/c1-21(20-31(2,3)4)32(39-22-14-10-9-11-15-22,29(33)27-23(35-5)16-12-17-24(27)36-6)30(34)28-25(37-7)18-13-19-26(28)38-8/h9-19,21,39H,20H2,1-8H3. The van der Waals surface area contributed by atoms with Crippen molar-refractivity contribution in [3.8, 4) is 23.0 Å². The van der Waals surface area contributed by atoms with Crippen molar-refractivity contribution in [1.29, 1.82) is 0 Å². The number of carbonyl (C=O) groups excluding carboxylic acids is 2. The summed E-state index contributed by atoms with van der Waals surface area (Å²) in [7, 11) is 5.85. The predicted molar refractivity (Wildman–Crippen MR) is 158 cm³/mol. The molecule has 3 aromatic carbocycles. The maximum Gasteiger partial charge on any atom is 0.188 e. The molecule has 208 valence electrons. The Balaban J connectivity index is 2.46. The molecule has 0 bridgehead atoms. The van der Waals surface area contributed by atoms with E-state index in [1.54, 1.807) is 36.4 Å². The molecule has 0 fully saturated rings. The van der Waals surface area contributed by atoms with Gasteiger partial charge in [0.05, 0.1) is 28.4 Å². The van der Waals surface area contributed by atoms with Crippen LogP contribution in [-0.4, -0.2) is 45.2 Å². The van der Waals surface area contributed by atoms with Crippen molar-refractivity contribution < 1.29 is 28.5 Å². The summed E-state index contributed by atoms with van der Waals surface area (Å²) in [6.07, 6.45) is 0.610. The average Bonchev–Trinajstić information content (AvgIpc) is 2.93. The third kappa shape index (κ3) is 6.28. The lowest BCUT2D eigenvalue weighted by Gasteiger charge is -2.40. The van der Waals surface area contributed by atoms with Gasteiger partial charge in [0.2, 0.25) is 0 Å². The molecule has 0 aliphatic heterocycles. The van der Waals surface area contributed by atoms with Crippen LogP contribution in [0.2, 0.25) is 0 Å². The molecule has 39 heavy (non-hydrogen) atoms. The number of rotatable bonds is 12. The van der Waals surface area contributed by atoms with Crippen LogP contribution in [0.15, 0.2) is 66.7 Å². The van der Waals surface area contributed by atoms with Crippen molar-refractivity contribution in [2.45, 2.75) is 39.3 Å². The molecule has 0 aromatic heterocycles. The monoisotopic (exact) mass is 550 g/mol. The number of ketones is 2. The van der Waals surface area contributed by atoms with Crippen LogP contribution in [-0.2, 0) is 0 Å². The first kappa shape index (κ1) is 30.2. The highest BCUT2D eigenvalue weighted by molar-refractivity contribution is 7.52. The maximum absolute atomic E-state index is 15.1. The third-order valence-electron chi connectivity index (χ3n) is 6.80. The van der Waals surface area contributed by atoms with Crippen molar-refractivity contribution in [2.75, 3.05) is 28.4 Å². The zero-order chi connectivity index (χ0) is 28.8. The molecule has 2 atom stereocenters. The van der Waals surface area contributed by atoms with Crippen molar-refractivity contribution in [2.24, 2.45) is 11.3 Å². The molecule has 0 saturated heterocycles. The minimum absolute atomic E-state index is 0.165. The van der Waals surface area contributed by atoms with Crippen LogP contribution < -0.4 is 24.3 Å². The number of hydrogen-bond donors (Lipinski definition) is 0. The first-order chi connectivity index (χ1) is 18.5. The van der Waals surface area contributed by atoms with E-state index in [-0.39, 0.29) is 42.6 Å². The molecule has 6 nitrogen and oxygen atoms in total. The topological polar surface area (TPSA) is 71.1 Å². The Morgan fingerprint density at radius 1 is 0.667 bits per heavy atom. The second-order valence-corrected chi connectivity index (χ2v) is 12.3. The van der Waals surface area contributed by atoms with Crippen LogP contribution in [0.1, 0.15) is 54.8 Å². The SMILES string of the molecule is COc1cccc(OC)c1C(=O)C(Pc1ccccc1)(C(=O)c1c(OC)cccc1OC)C(C)CC(C)(C)C. The minimum Gasteiger partial charge on any atom is -0.496 e. The quantitative estimate of drug-likeness (QED) is 0.144. The molecule has 0 amide bonds. The zero-order valence-electron chi connectivity index (χ0n) is 24.1. The van der Waals surface area contributed by atoms with Crippen LogP contribution in [0.4, 0.5) is 0 Å². The Morgan fingerprint density at radius 3 is 1.38 bits per heavy atom. The first-order valence-corrected chi connectivity index (χ1v) is 13.9. The number of hydrogen-bond acceptors (Lipinski definition) is 6. The molecular weight excluding hydrogens is 511 g/mol. The number of methoxy groups -OCH3 is 4. The predicted octanol–water partition coefficient (Wildman–Crippen LogP) is 6.60. The summed E-state index contributed by atoms with van der Waals surface area (Å²) in [5.41, 5.74) is 0.324. The maximum atomic E-state index is 15.1. The van der Waals surface area contributed by atoms with E-state index in [9.17, 15) is 0 Å². The summed E-state index contributed by atoms with van der Waals surface area (Å²) in [6, 6.07) is 20.1. The highest BCUT2D eigenvalue weighted by atomic mass is 31.1. The van der Waals surface area contributed by atoms with E-state index < -0.39 is 5.16 Å². The minimum atomic E-state index is -1.52. The second-order valence-electron chi connectivity index (χ2n) is 10.7. The van der Waals surface area contributed by atoms with E-state index in [1.165, 1.54) is 28.4 Å². The van der Waals surface area contributed by atoms with Gasteiger partial charge in [-0.15, -0.1) is 0 Å². The molecule has 0 N–H and O–H groups in total. The lowest BCUT2D eigenvalue weighted by molar-refractivity contribution is 0.0767. The highest BCUT2D eigenvalue weighted by Crippen LogP contribution is 2.51. The molecule has 0 saturated carbocycles. The fourth-order valence-corrected chi connectivity index (χ4v) is 6.79. The Bertz CT molecular complexity index is 1180. The van der Waals surface area contributed by atoms with Gasteiger partial charge in [0, 0.05) is 0 Å². The van der Waals surface area contributed by atoms with Gasteiger partial charge < -0.3 is 18.9 Å². The van der Waals surface area contributed by atoms with Crippen LogP contribution in [0, 0.1) is 11.3 Å². The van der Waals surface area contributed by atoms with E-state index in [4.69, 9.17) is 18.9 Å². The zero-order valence-corrected chi connectivity index (χ0v) is 25.1. The van der Waals surface area contributed by atoms with E-state index >= 15 is 9.59 Å². The number of ether oxygens (including phenoxy) is 4. The van der Waals surface area contributed by atoms with Crippen LogP contribution in [0.3, 0.4) is 0 Å². The van der Waals surface area contributed by atoms with E-state index in [0.717, 1.165) is 5.30 Å². The largest absolute Gasteiger partial charge is 0.496 e. The van der Waals surface area contributed by atoms with Crippen LogP contribution in [0.5, 0.6) is 23.0 Å². The molecule has 0 spiro atoms. The summed E-state index contributed by atoms with van der Waals surface area (Å²) in [4.78, 5) is 30.2. The fraction of sp³-hybridized carbons (Fsp3) is 0.375. The molecule has 0 radical (unpaired) electrons. The number of benzene rings is 3. The molecule has 3 rings (SSSR count). The Kier molecular flexibility index (Phi) is 9.79. The smallest absolute Gasteiger partial charge is 0.188 e. The van der Waals surface area contributed by atoms with Crippen molar-refractivity contribution in [3.05, 3.63) is 77.9 Å². The van der Waals surface area contributed by atoms with Gasteiger partial charge >= 0.3 is 0 Å². The number of Topliss-reactive ketones (excluding diaryl/α,β-unsaturated/α-hetero) is 2. The molecule has 0 aliphatic carbocycles. The molecule has 2 unspecified atom stereocenters. The van der Waals surface area contributed by atoms with Gasteiger partial charge in [-0.1, -0.05) is 78.7 Å². The van der Waals surface area contributed by atoms with Gasteiger partial charge in [-0.3, -0.25) is 9.59 Å². The van der Waals surface area contributed by atoms with Crippen LogP contribution >= 0.6 is 8.58 Å². The van der Waals surface area contributed by atoms with Crippen molar-refractivity contribution in [1.82, 2.24) is 0 Å². The summed E-state index contributed by atoms with van der Waals surface area (Å²) in [6.45, 7) is 8.33. The highest BCUT2D eigenvalue weighted by Gasteiger charge is 2.54. The lowest BCUT2D eigenvalue weighted by Crippen LogP contribution is -2.50. The normalized spacial score (nSPS) is 12.7. The lowest BCUT2D eigenvalue weighted by atomic mass is 9.73. The Labute approximate surface area is 233 Å². The average molecular weight is 551 g/mol. The Morgan fingerprint density at radius 2 is 1.05 bits per heavy atom. The summed E-state index contributed by atoms with van der Waals surface area (Å²) >= 11 is 0. The molecule has 3 aromatic rings. The first-order valence-electron chi connectivity index (χ1n) is 12.9. The number of carbonyl (C=O) groups is 2. The van der Waals surface area contributed by atoms with Gasteiger partial charge in [-0.05, 0) is 47.3 Å². The van der Waals surface area contributed by atoms with E-state index in [1.807, 2.05) is 37.3 Å². The summed E-state index contributed by atoms with van der Waals surface area (Å²) in [5.74, 6) is 0.324. The van der Waals surface area contributed by atoms with E-state index in [0.29, 0.717) is 29.4 Å². The van der Waals surface area contributed by atoms with Crippen molar-refractivity contribution >= 4 is 25.5 Å². The van der Waals surface area contributed by atoms with E-state index in [2.05, 4.69) is 20.8 Å². The van der Waals surface area contributed by atoms with Gasteiger partial charge in [0.25, 0.3) is 0 Å². The summed E-state index contributed by atoms with van der Waals surface area (Å²) in [5, 5.41) is -0.624. The van der Waals surface area contributed by atoms with Gasteiger partial charge in [-0.25, -0.2) is 0 Å². The fourth-order valence-electron chi connectivity index (χ4n) is 5.15. The molecule has 7 heteroatoms. The van der Waals surface area contributed by atoms with Gasteiger partial charge in [-0.2, -0.15) is 0 Å².